The third kappa shape index (κ3) is 2.90. The van der Waals surface area contributed by atoms with Gasteiger partial charge in [-0.05, 0) is 19.1 Å². The molecule has 9 heteroatoms. The second kappa shape index (κ2) is 5.75. The summed E-state index contributed by atoms with van der Waals surface area (Å²) in [6.45, 7) is 1.74. The molecule has 0 unspecified atom stereocenters. The molecule has 2 aromatic heterocycles. The van der Waals surface area contributed by atoms with Crippen LogP contribution in [0.25, 0.3) is 10.9 Å². The maximum Gasteiger partial charge on any atom is 0.418 e. The second-order valence-corrected chi connectivity index (χ2v) is 5.86. The van der Waals surface area contributed by atoms with Gasteiger partial charge in [-0.2, -0.15) is 13.2 Å². The third-order valence-electron chi connectivity index (χ3n) is 3.30. The number of amides is 1. The number of aromatic amines is 1. The van der Waals surface area contributed by atoms with Crippen molar-refractivity contribution < 1.29 is 18.0 Å². The highest BCUT2D eigenvalue weighted by atomic mass is 32.1. The molecule has 0 aliphatic carbocycles. The van der Waals surface area contributed by atoms with Gasteiger partial charge in [0.15, 0.2) is 5.13 Å². The second-order valence-electron chi connectivity index (χ2n) is 5.01. The van der Waals surface area contributed by atoms with Crippen molar-refractivity contribution in [3.8, 4) is 0 Å². The SMILES string of the molecule is Cc1csc(NC(=O)c2c[nH]c3c(C(F)(F)F)cccc3c2=O)n1. The predicted molar refractivity (Wildman–Crippen MR) is 84.4 cm³/mol. The van der Waals surface area contributed by atoms with Crippen LogP contribution in [0.15, 0.2) is 34.6 Å². The number of nitrogens with one attached hydrogen (secondary N) is 2. The van der Waals surface area contributed by atoms with E-state index < -0.39 is 23.1 Å². The molecule has 3 rings (SSSR count). The van der Waals surface area contributed by atoms with Gasteiger partial charge in [0.05, 0.1) is 16.8 Å². The number of aromatic nitrogens is 2. The molecule has 2 heterocycles. The Bertz CT molecular complexity index is 992. The number of hydrogen-bond acceptors (Lipinski definition) is 4. The number of pyridine rings is 1. The summed E-state index contributed by atoms with van der Waals surface area (Å²) in [6, 6.07) is 3.25. The van der Waals surface area contributed by atoms with E-state index in [0.717, 1.165) is 18.3 Å². The Labute approximate surface area is 137 Å². The first-order valence-electron chi connectivity index (χ1n) is 6.72. The van der Waals surface area contributed by atoms with Gasteiger partial charge in [-0.1, -0.05) is 6.07 Å². The lowest BCUT2D eigenvalue weighted by Gasteiger charge is -2.10. The van der Waals surface area contributed by atoms with E-state index >= 15 is 0 Å². The normalized spacial score (nSPS) is 11.7. The number of H-pyrrole nitrogens is 1. The Morgan fingerprint density at radius 1 is 1.33 bits per heavy atom. The van der Waals surface area contributed by atoms with Crippen molar-refractivity contribution in [2.24, 2.45) is 0 Å². The number of para-hydroxylation sites is 1. The van der Waals surface area contributed by atoms with Gasteiger partial charge < -0.3 is 4.98 Å². The molecule has 1 amide bonds. The van der Waals surface area contributed by atoms with Crippen LogP contribution in [-0.2, 0) is 6.18 Å². The average molecular weight is 353 g/mol. The minimum absolute atomic E-state index is 0.201. The minimum atomic E-state index is -4.61. The van der Waals surface area contributed by atoms with Crippen molar-refractivity contribution in [3.63, 3.8) is 0 Å². The van der Waals surface area contributed by atoms with E-state index in [1.54, 1.807) is 12.3 Å². The minimum Gasteiger partial charge on any atom is -0.360 e. The lowest BCUT2D eigenvalue weighted by molar-refractivity contribution is -0.136. The summed E-state index contributed by atoms with van der Waals surface area (Å²) in [5.41, 5.74) is -1.66. The predicted octanol–water partition coefficient (Wildman–Crippen LogP) is 3.56. The Balaban J connectivity index is 2.06. The Morgan fingerprint density at radius 3 is 2.71 bits per heavy atom. The van der Waals surface area contributed by atoms with Crippen molar-refractivity contribution in [3.05, 3.63) is 56.8 Å². The molecule has 0 aliphatic rings. The number of anilines is 1. The largest absolute Gasteiger partial charge is 0.418 e. The Kier molecular flexibility index (Phi) is 3.88. The van der Waals surface area contributed by atoms with Crippen LogP contribution in [0.2, 0.25) is 0 Å². The van der Waals surface area contributed by atoms with E-state index in [9.17, 15) is 22.8 Å². The first-order chi connectivity index (χ1) is 11.3. The van der Waals surface area contributed by atoms with Gasteiger partial charge in [-0.15, -0.1) is 11.3 Å². The molecule has 0 radical (unpaired) electrons. The van der Waals surface area contributed by atoms with Crippen molar-refractivity contribution in [1.29, 1.82) is 0 Å². The topological polar surface area (TPSA) is 74.8 Å². The molecule has 5 nitrogen and oxygen atoms in total. The number of nitrogens with zero attached hydrogens (tertiary/aromatic N) is 1. The molecule has 0 saturated carbocycles. The van der Waals surface area contributed by atoms with Crippen LogP contribution in [0.4, 0.5) is 18.3 Å². The molecule has 0 atom stereocenters. The van der Waals surface area contributed by atoms with Crippen LogP contribution in [0, 0.1) is 6.92 Å². The third-order valence-corrected chi connectivity index (χ3v) is 4.18. The molecular formula is C15H10F3N3O2S. The van der Waals surface area contributed by atoms with Crippen molar-refractivity contribution in [1.82, 2.24) is 9.97 Å². The fraction of sp³-hybridized carbons (Fsp3) is 0.133. The van der Waals surface area contributed by atoms with Crippen LogP contribution >= 0.6 is 11.3 Å². The monoisotopic (exact) mass is 353 g/mol. The van der Waals surface area contributed by atoms with E-state index in [-0.39, 0.29) is 16.5 Å². The highest BCUT2D eigenvalue weighted by Gasteiger charge is 2.33. The van der Waals surface area contributed by atoms with E-state index in [2.05, 4.69) is 15.3 Å². The van der Waals surface area contributed by atoms with Gasteiger partial charge >= 0.3 is 6.18 Å². The molecule has 0 spiro atoms. The highest BCUT2D eigenvalue weighted by molar-refractivity contribution is 7.13. The zero-order chi connectivity index (χ0) is 17.5. The summed E-state index contributed by atoms with van der Waals surface area (Å²) < 4.78 is 39.0. The summed E-state index contributed by atoms with van der Waals surface area (Å²) in [5, 5.41) is 4.28. The number of alkyl halides is 3. The van der Waals surface area contributed by atoms with Gasteiger partial charge in [-0.3, -0.25) is 14.9 Å². The number of aryl methyl sites for hydroxylation is 1. The van der Waals surface area contributed by atoms with Gasteiger partial charge in [0.2, 0.25) is 5.43 Å². The number of carbonyl (C=O) groups is 1. The molecule has 0 fully saturated rings. The standard InChI is InChI=1S/C15H10F3N3O2S/c1-7-6-24-14(20-7)21-13(23)9-5-19-11-8(12(9)22)3-2-4-10(11)15(16,17)18/h2-6H,1H3,(H,19,22)(H,20,21,23). The number of carbonyl (C=O) groups excluding carboxylic acids is 1. The number of fused-ring (bicyclic) bond motifs is 1. The maximum absolute atomic E-state index is 13.0. The summed E-state index contributed by atoms with van der Waals surface area (Å²) in [4.78, 5) is 31.0. The molecule has 0 bridgehead atoms. The van der Waals surface area contributed by atoms with E-state index in [1.165, 1.54) is 17.4 Å². The number of benzene rings is 1. The zero-order valence-corrected chi connectivity index (χ0v) is 13.0. The Hall–Kier alpha value is -2.68. The smallest absolute Gasteiger partial charge is 0.360 e. The van der Waals surface area contributed by atoms with Gasteiger partial charge in [0, 0.05) is 17.0 Å². The molecule has 1 aromatic carbocycles. The number of halogens is 3. The summed E-state index contributed by atoms with van der Waals surface area (Å²) in [6.07, 6.45) is -3.62. The molecule has 124 valence electrons. The van der Waals surface area contributed by atoms with Crippen LogP contribution in [0.5, 0.6) is 0 Å². The first kappa shape index (κ1) is 16.2. The summed E-state index contributed by atoms with van der Waals surface area (Å²) in [7, 11) is 0. The fourth-order valence-electron chi connectivity index (χ4n) is 2.23. The van der Waals surface area contributed by atoms with Crippen molar-refractivity contribution in [2.75, 3.05) is 5.32 Å². The highest BCUT2D eigenvalue weighted by Crippen LogP contribution is 2.33. The van der Waals surface area contributed by atoms with Crippen LogP contribution < -0.4 is 10.7 Å². The lowest BCUT2D eigenvalue weighted by Crippen LogP contribution is -2.22. The molecule has 24 heavy (non-hydrogen) atoms. The van der Waals surface area contributed by atoms with Crippen LogP contribution in [-0.4, -0.2) is 15.9 Å². The summed E-state index contributed by atoms with van der Waals surface area (Å²) >= 11 is 1.18. The van der Waals surface area contributed by atoms with E-state index in [4.69, 9.17) is 0 Å². The first-order valence-corrected chi connectivity index (χ1v) is 7.60. The molecule has 0 saturated heterocycles. The summed E-state index contributed by atoms with van der Waals surface area (Å²) in [5.74, 6) is -0.732. The molecular weight excluding hydrogens is 343 g/mol. The van der Waals surface area contributed by atoms with Crippen molar-refractivity contribution in [2.45, 2.75) is 13.1 Å². The quantitative estimate of drug-likeness (QED) is 0.740. The zero-order valence-electron chi connectivity index (χ0n) is 12.2. The van der Waals surface area contributed by atoms with E-state index in [1.807, 2.05) is 0 Å². The average Bonchev–Trinajstić information content (AvgIpc) is 2.91. The van der Waals surface area contributed by atoms with Gasteiger partial charge in [0.1, 0.15) is 5.56 Å². The molecule has 2 N–H and O–H groups in total. The fourth-order valence-corrected chi connectivity index (χ4v) is 2.92. The van der Waals surface area contributed by atoms with E-state index in [0.29, 0.717) is 10.8 Å². The van der Waals surface area contributed by atoms with Crippen LogP contribution in [0.1, 0.15) is 21.6 Å². The molecule has 3 aromatic rings. The Morgan fingerprint density at radius 2 is 2.08 bits per heavy atom. The maximum atomic E-state index is 13.0. The molecule has 0 aliphatic heterocycles. The van der Waals surface area contributed by atoms with Gasteiger partial charge in [0.25, 0.3) is 5.91 Å². The lowest BCUT2D eigenvalue weighted by atomic mass is 10.1. The van der Waals surface area contributed by atoms with Crippen molar-refractivity contribution >= 4 is 33.3 Å². The van der Waals surface area contributed by atoms with Gasteiger partial charge in [-0.25, -0.2) is 4.98 Å². The number of rotatable bonds is 2. The number of thiazole rings is 1. The number of hydrogen-bond donors (Lipinski definition) is 2. The van der Waals surface area contributed by atoms with Crippen LogP contribution in [0.3, 0.4) is 0 Å².